The van der Waals surface area contributed by atoms with E-state index in [9.17, 15) is 31.1 Å². The number of likely N-dealkylation sites (tertiary alicyclic amines) is 1. The van der Waals surface area contributed by atoms with Gasteiger partial charge in [-0.05, 0) is 19.1 Å². The van der Waals surface area contributed by atoms with E-state index in [0.29, 0.717) is 6.61 Å². The lowest BCUT2D eigenvalue weighted by atomic mass is 9.92. The largest absolute Gasteiger partial charge is 0.490 e. The van der Waals surface area contributed by atoms with Gasteiger partial charge in [0, 0.05) is 37.1 Å². The number of anilines is 1. The minimum Gasteiger partial charge on any atom is -0.475 e. The van der Waals surface area contributed by atoms with E-state index in [0.717, 1.165) is 36.0 Å². The number of hydrogen-bond acceptors (Lipinski definition) is 8. The lowest BCUT2D eigenvalue weighted by molar-refractivity contribution is -0.193. The highest BCUT2D eigenvalue weighted by atomic mass is 32.1. The summed E-state index contributed by atoms with van der Waals surface area (Å²) in [5, 5.41) is 20.4. The number of carbonyl (C=O) groups excluding carboxylic acids is 1. The average molecular weight is 572 g/mol. The fourth-order valence-electron chi connectivity index (χ4n) is 3.57. The molecule has 0 bridgehead atoms. The van der Waals surface area contributed by atoms with Crippen LogP contribution in [-0.4, -0.2) is 81.1 Å². The molecule has 2 aromatic rings. The first-order valence-electron chi connectivity index (χ1n) is 10.6. The fourth-order valence-corrected chi connectivity index (χ4v) is 4.18. The van der Waals surface area contributed by atoms with Crippen LogP contribution in [0.1, 0.15) is 10.7 Å². The maximum Gasteiger partial charge on any atom is 0.490 e. The third-order valence-electron chi connectivity index (χ3n) is 5.19. The molecule has 0 unspecified atom stereocenters. The molecule has 0 spiro atoms. The number of carbonyl (C=O) groups is 3. The second-order valence-electron chi connectivity index (χ2n) is 8.03. The van der Waals surface area contributed by atoms with Crippen molar-refractivity contribution in [3.63, 3.8) is 0 Å². The van der Waals surface area contributed by atoms with E-state index in [2.05, 4.69) is 25.6 Å². The Morgan fingerprint density at radius 1 is 1.13 bits per heavy atom. The highest BCUT2D eigenvalue weighted by molar-refractivity contribution is 7.09. The zero-order valence-corrected chi connectivity index (χ0v) is 20.3. The van der Waals surface area contributed by atoms with Crippen molar-refractivity contribution in [3.05, 3.63) is 40.6 Å². The van der Waals surface area contributed by atoms with Crippen molar-refractivity contribution in [1.29, 1.82) is 0 Å². The van der Waals surface area contributed by atoms with Gasteiger partial charge in [0.05, 0.1) is 41.2 Å². The Balaban J connectivity index is 0.000000301. The van der Waals surface area contributed by atoms with E-state index in [1.54, 1.807) is 23.7 Å². The Kier molecular flexibility index (Phi) is 10.5. The third-order valence-corrected chi connectivity index (χ3v) is 6.02. The Hall–Kier alpha value is -3.31. The maximum atomic E-state index is 12.6. The topological polar surface area (TPSA) is 142 Å². The van der Waals surface area contributed by atoms with Crippen LogP contribution in [0.5, 0.6) is 0 Å². The van der Waals surface area contributed by atoms with Crippen molar-refractivity contribution < 1.29 is 55.7 Å². The number of aryl methyl sites for hydroxylation is 1. The van der Waals surface area contributed by atoms with Crippen LogP contribution in [0.3, 0.4) is 0 Å². The number of pyridine rings is 1. The van der Waals surface area contributed by atoms with Crippen molar-refractivity contribution in [3.8, 4) is 0 Å². The number of ether oxygens (including phenoxy) is 1. The van der Waals surface area contributed by atoms with Gasteiger partial charge < -0.3 is 20.3 Å². The number of carboxylic acids is 2. The lowest BCUT2D eigenvalue weighted by Gasteiger charge is -2.18. The van der Waals surface area contributed by atoms with E-state index in [-0.39, 0.29) is 23.8 Å². The number of alkyl halides is 6. The summed E-state index contributed by atoms with van der Waals surface area (Å²) in [6.07, 6.45) is -6.66. The highest BCUT2D eigenvalue weighted by Gasteiger charge is 2.47. The minimum absolute atomic E-state index is 0.0295. The first kappa shape index (κ1) is 30.9. The first-order valence-corrected chi connectivity index (χ1v) is 11.5. The Morgan fingerprint density at radius 2 is 1.74 bits per heavy atom. The Morgan fingerprint density at radius 3 is 2.21 bits per heavy atom. The molecule has 0 radical (unpaired) electrons. The molecule has 0 aromatic carbocycles. The predicted molar refractivity (Wildman–Crippen MR) is 119 cm³/mol. The number of nitrogens with one attached hydrogen (secondary N) is 1. The lowest BCUT2D eigenvalue weighted by Crippen LogP contribution is -2.31. The van der Waals surface area contributed by atoms with Crippen molar-refractivity contribution >= 4 is 34.9 Å². The second-order valence-corrected chi connectivity index (χ2v) is 9.09. The molecule has 2 aliphatic heterocycles. The van der Waals surface area contributed by atoms with Gasteiger partial charge in [-0.15, -0.1) is 11.3 Å². The number of aliphatic carboxylic acids is 2. The number of thiazole rings is 1. The summed E-state index contributed by atoms with van der Waals surface area (Å²) in [5.41, 5.74) is 1.84. The SMILES string of the molecule is Cc1nc(CN2C[C@@H]3[C@@H](C(=O)Nc4cccnc4)CO[C@@H]3C2)cs1.O=C(O)C(F)(F)F.O=C(O)C(F)(F)F. The van der Waals surface area contributed by atoms with Crippen molar-refractivity contribution in [2.75, 3.05) is 25.0 Å². The summed E-state index contributed by atoms with van der Waals surface area (Å²) in [6.45, 7) is 5.11. The fraction of sp³-hybridized carbons (Fsp3) is 0.476. The molecule has 2 saturated heterocycles. The molecule has 38 heavy (non-hydrogen) atoms. The number of hydrogen-bond donors (Lipinski definition) is 3. The van der Waals surface area contributed by atoms with E-state index in [1.165, 1.54) is 0 Å². The molecule has 2 aromatic heterocycles. The summed E-state index contributed by atoms with van der Waals surface area (Å²) < 4.78 is 69.4. The van der Waals surface area contributed by atoms with Crippen molar-refractivity contribution in [1.82, 2.24) is 14.9 Å². The molecular weight excluding hydrogens is 550 g/mol. The van der Waals surface area contributed by atoms with E-state index in [4.69, 9.17) is 24.5 Å². The number of halogens is 6. The standard InChI is InChI=1S/C17H20N4O2S.2C2HF3O2/c1-11-19-13(10-24-11)6-21-7-14-15(9-23-16(14)8-21)17(22)20-12-3-2-4-18-5-12;2*3-2(4,5)1(6)7/h2-5,10,14-16H,6-9H2,1H3,(H,20,22);2*(H,6,7)/t14-,15+,16-;;/m1../s1. The molecule has 2 aliphatic rings. The van der Waals surface area contributed by atoms with Crippen LogP contribution in [0.25, 0.3) is 0 Å². The van der Waals surface area contributed by atoms with Crippen LogP contribution in [0.2, 0.25) is 0 Å². The molecular formula is C21H22F6N4O6S. The highest BCUT2D eigenvalue weighted by Crippen LogP contribution is 2.35. The van der Waals surface area contributed by atoms with Gasteiger partial charge in [0.1, 0.15) is 0 Å². The van der Waals surface area contributed by atoms with Crippen LogP contribution < -0.4 is 5.32 Å². The summed E-state index contributed by atoms with van der Waals surface area (Å²) >= 11 is 1.68. The normalized spacial score (nSPS) is 20.9. The predicted octanol–water partition coefficient (Wildman–Crippen LogP) is 3.20. The summed E-state index contributed by atoms with van der Waals surface area (Å²) in [6, 6.07) is 3.67. The van der Waals surface area contributed by atoms with Crippen molar-refractivity contribution in [2.24, 2.45) is 11.8 Å². The van der Waals surface area contributed by atoms with Gasteiger partial charge in [0.25, 0.3) is 0 Å². The quantitative estimate of drug-likeness (QED) is 0.471. The summed E-state index contributed by atoms with van der Waals surface area (Å²) in [5.74, 6) is -5.33. The first-order chi connectivity index (χ1) is 17.6. The van der Waals surface area contributed by atoms with Gasteiger partial charge >= 0.3 is 24.3 Å². The van der Waals surface area contributed by atoms with E-state index >= 15 is 0 Å². The van der Waals surface area contributed by atoms with Gasteiger partial charge in [-0.1, -0.05) is 0 Å². The summed E-state index contributed by atoms with van der Waals surface area (Å²) in [4.78, 5) is 41.3. The number of rotatable bonds is 4. The zero-order valence-electron chi connectivity index (χ0n) is 19.5. The van der Waals surface area contributed by atoms with Crippen LogP contribution in [0.4, 0.5) is 32.0 Å². The zero-order chi connectivity index (χ0) is 28.7. The smallest absolute Gasteiger partial charge is 0.475 e. The second kappa shape index (κ2) is 13.0. The number of aromatic nitrogens is 2. The molecule has 1 amide bonds. The molecule has 3 N–H and O–H groups in total. The van der Waals surface area contributed by atoms with Gasteiger partial charge in [0.2, 0.25) is 5.91 Å². The third kappa shape index (κ3) is 9.53. The summed E-state index contributed by atoms with van der Waals surface area (Å²) in [7, 11) is 0. The van der Waals surface area contributed by atoms with E-state index in [1.807, 2.05) is 19.1 Å². The number of amides is 1. The molecule has 3 atom stereocenters. The average Bonchev–Trinajstić information content (AvgIpc) is 3.50. The molecule has 4 heterocycles. The van der Waals surface area contributed by atoms with E-state index < -0.39 is 24.3 Å². The molecule has 2 fully saturated rings. The number of fused-ring (bicyclic) bond motifs is 1. The molecule has 210 valence electrons. The molecule has 0 saturated carbocycles. The number of nitrogens with zero attached hydrogens (tertiary/aromatic N) is 3. The molecule has 10 nitrogen and oxygen atoms in total. The van der Waals surface area contributed by atoms with Gasteiger partial charge in [0.15, 0.2) is 0 Å². The Labute approximate surface area is 215 Å². The number of carboxylic acid groups (broad SMARTS) is 2. The van der Waals surface area contributed by atoms with Crippen molar-refractivity contribution in [2.45, 2.75) is 31.9 Å². The van der Waals surface area contributed by atoms with Gasteiger partial charge in [-0.3, -0.25) is 14.7 Å². The van der Waals surface area contributed by atoms with Crippen LogP contribution in [0.15, 0.2) is 29.9 Å². The molecule has 0 aliphatic carbocycles. The van der Waals surface area contributed by atoms with Crippen LogP contribution in [-0.2, 0) is 25.7 Å². The monoisotopic (exact) mass is 572 g/mol. The van der Waals surface area contributed by atoms with Gasteiger partial charge in [-0.2, -0.15) is 26.3 Å². The molecule has 17 heteroatoms. The molecule has 4 rings (SSSR count). The van der Waals surface area contributed by atoms with Crippen LogP contribution >= 0.6 is 11.3 Å². The van der Waals surface area contributed by atoms with Gasteiger partial charge in [-0.25, -0.2) is 14.6 Å². The maximum absolute atomic E-state index is 12.6. The minimum atomic E-state index is -5.08. The van der Waals surface area contributed by atoms with Crippen LogP contribution in [0, 0.1) is 18.8 Å². The Bertz CT molecular complexity index is 1070.